The number of aromatic nitrogens is 4. The van der Waals surface area contributed by atoms with Crippen LogP contribution in [0.15, 0.2) is 4.52 Å². The molecule has 3 rings (SSSR count). The Kier molecular flexibility index (Phi) is 3.48. The topological polar surface area (TPSA) is 85.8 Å². The monoisotopic (exact) mass is 289 g/mol. The van der Waals surface area contributed by atoms with Gasteiger partial charge in [0.1, 0.15) is 11.7 Å². The number of aryl methyl sites for hydroxylation is 3. The molecule has 2 aromatic rings. The third kappa shape index (κ3) is 2.55. The molecule has 0 saturated carbocycles. The van der Waals surface area contributed by atoms with E-state index in [1.54, 1.807) is 11.6 Å². The van der Waals surface area contributed by atoms with E-state index in [1.807, 2.05) is 14.0 Å². The van der Waals surface area contributed by atoms with Gasteiger partial charge in [0.05, 0.1) is 5.69 Å². The fourth-order valence-electron chi connectivity index (χ4n) is 2.78. The number of nitrogens with zero attached hydrogens (tertiary/aromatic N) is 4. The van der Waals surface area contributed by atoms with Crippen LogP contribution in [-0.2, 0) is 19.9 Å². The van der Waals surface area contributed by atoms with Gasteiger partial charge in [0.15, 0.2) is 5.82 Å². The third-order valence-corrected chi connectivity index (χ3v) is 3.80. The highest BCUT2D eigenvalue weighted by atomic mass is 16.5. The van der Waals surface area contributed by atoms with Gasteiger partial charge in [-0.2, -0.15) is 10.1 Å². The van der Waals surface area contributed by atoms with Gasteiger partial charge in [0, 0.05) is 12.6 Å². The summed E-state index contributed by atoms with van der Waals surface area (Å²) in [4.78, 5) is 16.7. The normalized spacial score (nSPS) is 15.6. The summed E-state index contributed by atoms with van der Waals surface area (Å²) in [6, 6.07) is -0.326. The highest BCUT2D eigenvalue weighted by molar-refractivity contribution is 5.94. The van der Waals surface area contributed by atoms with Crippen molar-refractivity contribution in [1.29, 1.82) is 0 Å². The lowest BCUT2D eigenvalue weighted by Crippen LogP contribution is -2.29. The number of hydrogen-bond donors (Lipinski definition) is 1. The highest BCUT2D eigenvalue weighted by Crippen LogP contribution is 2.24. The van der Waals surface area contributed by atoms with Gasteiger partial charge < -0.3 is 9.84 Å². The first-order valence-electron chi connectivity index (χ1n) is 7.22. The van der Waals surface area contributed by atoms with Gasteiger partial charge in [-0.1, -0.05) is 5.16 Å². The second-order valence-electron chi connectivity index (χ2n) is 5.48. The molecule has 0 spiro atoms. The van der Waals surface area contributed by atoms with Gasteiger partial charge in [-0.15, -0.1) is 0 Å². The van der Waals surface area contributed by atoms with Crippen molar-refractivity contribution < 1.29 is 9.32 Å². The molecule has 21 heavy (non-hydrogen) atoms. The molecule has 1 atom stereocenters. The molecule has 7 nitrogen and oxygen atoms in total. The summed E-state index contributed by atoms with van der Waals surface area (Å²) in [6.07, 6.45) is 4.12. The largest absolute Gasteiger partial charge is 0.339 e. The van der Waals surface area contributed by atoms with E-state index >= 15 is 0 Å². The Labute approximate surface area is 122 Å². The molecule has 2 aromatic heterocycles. The predicted octanol–water partition coefficient (Wildman–Crippen LogP) is 1.48. The zero-order valence-electron chi connectivity index (χ0n) is 12.5. The molecule has 0 radical (unpaired) electrons. The van der Waals surface area contributed by atoms with E-state index in [4.69, 9.17) is 4.52 Å². The van der Waals surface area contributed by atoms with Crippen molar-refractivity contribution in [2.75, 3.05) is 0 Å². The van der Waals surface area contributed by atoms with E-state index in [1.165, 1.54) is 0 Å². The molecule has 1 aliphatic rings. The number of hydrogen-bond acceptors (Lipinski definition) is 5. The second kappa shape index (κ2) is 5.31. The highest BCUT2D eigenvalue weighted by Gasteiger charge is 2.25. The minimum atomic E-state index is -0.326. The van der Waals surface area contributed by atoms with Crippen molar-refractivity contribution in [3.63, 3.8) is 0 Å². The lowest BCUT2D eigenvalue weighted by molar-refractivity contribution is 0.0922. The summed E-state index contributed by atoms with van der Waals surface area (Å²) in [5, 5.41) is 11.1. The summed E-state index contributed by atoms with van der Waals surface area (Å²) >= 11 is 0. The smallest absolute Gasteiger partial charge is 0.270 e. The van der Waals surface area contributed by atoms with Crippen LogP contribution >= 0.6 is 0 Å². The van der Waals surface area contributed by atoms with Crippen molar-refractivity contribution >= 4 is 5.91 Å². The Hall–Kier alpha value is -2.18. The number of fused-ring (bicyclic) bond motifs is 1. The molecule has 7 heteroatoms. The van der Waals surface area contributed by atoms with Crippen molar-refractivity contribution in [1.82, 2.24) is 25.2 Å². The lowest BCUT2D eigenvalue weighted by atomic mass is 9.95. The van der Waals surface area contributed by atoms with Crippen molar-refractivity contribution in [2.45, 2.75) is 45.6 Å². The number of amides is 1. The summed E-state index contributed by atoms with van der Waals surface area (Å²) in [5.74, 6) is 0.831. The molecule has 0 saturated heterocycles. The van der Waals surface area contributed by atoms with Gasteiger partial charge in [-0.25, -0.2) is 0 Å². The summed E-state index contributed by atoms with van der Waals surface area (Å²) in [7, 11) is 1.81. The molecule has 0 aliphatic heterocycles. The molecule has 0 bridgehead atoms. The van der Waals surface area contributed by atoms with Gasteiger partial charge in [-0.05, 0) is 39.5 Å². The number of carbonyl (C=O) groups excluding carboxylic acids is 1. The number of carbonyl (C=O) groups is 1. The Balaban J connectivity index is 1.81. The van der Waals surface area contributed by atoms with E-state index < -0.39 is 0 Å². The van der Waals surface area contributed by atoms with Crippen LogP contribution < -0.4 is 5.32 Å². The Morgan fingerprint density at radius 2 is 2.14 bits per heavy atom. The van der Waals surface area contributed by atoms with Crippen LogP contribution in [0.5, 0.6) is 0 Å². The first-order valence-corrected chi connectivity index (χ1v) is 7.22. The molecule has 1 N–H and O–H groups in total. The Morgan fingerprint density at radius 1 is 1.38 bits per heavy atom. The van der Waals surface area contributed by atoms with E-state index in [-0.39, 0.29) is 11.9 Å². The molecular formula is C14H19N5O2. The number of nitrogens with one attached hydrogen (secondary N) is 1. The minimum absolute atomic E-state index is 0.142. The van der Waals surface area contributed by atoms with Crippen LogP contribution in [0.4, 0.5) is 0 Å². The summed E-state index contributed by atoms with van der Waals surface area (Å²) in [5.41, 5.74) is 2.78. The first-order chi connectivity index (χ1) is 10.1. The summed E-state index contributed by atoms with van der Waals surface area (Å²) in [6.45, 7) is 3.58. The van der Waals surface area contributed by atoms with Gasteiger partial charge in [0.2, 0.25) is 5.89 Å². The third-order valence-electron chi connectivity index (χ3n) is 3.80. The van der Waals surface area contributed by atoms with E-state index in [0.717, 1.165) is 36.9 Å². The van der Waals surface area contributed by atoms with Crippen molar-refractivity contribution in [3.8, 4) is 0 Å². The SMILES string of the molecule is Cc1noc([C@H](C)NC(=O)c2c3c(nn2C)CCCC3)n1. The van der Waals surface area contributed by atoms with Crippen LogP contribution in [0.25, 0.3) is 0 Å². The quantitative estimate of drug-likeness (QED) is 0.925. The maximum Gasteiger partial charge on any atom is 0.270 e. The molecule has 1 aliphatic carbocycles. The average molecular weight is 289 g/mol. The van der Waals surface area contributed by atoms with Gasteiger partial charge in [-0.3, -0.25) is 9.48 Å². The van der Waals surface area contributed by atoms with Crippen LogP contribution in [0.1, 0.15) is 59.3 Å². The van der Waals surface area contributed by atoms with E-state index in [9.17, 15) is 4.79 Å². The predicted molar refractivity (Wildman–Crippen MR) is 74.8 cm³/mol. The van der Waals surface area contributed by atoms with Crippen LogP contribution in [-0.4, -0.2) is 25.8 Å². The maximum absolute atomic E-state index is 12.5. The maximum atomic E-state index is 12.5. The van der Waals surface area contributed by atoms with E-state index in [2.05, 4.69) is 20.6 Å². The fraction of sp³-hybridized carbons (Fsp3) is 0.571. The van der Waals surface area contributed by atoms with Crippen molar-refractivity contribution in [3.05, 3.63) is 28.7 Å². The molecule has 0 unspecified atom stereocenters. The molecule has 2 heterocycles. The molecule has 112 valence electrons. The van der Waals surface area contributed by atoms with Crippen LogP contribution in [0.2, 0.25) is 0 Å². The Morgan fingerprint density at radius 3 is 2.86 bits per heavy atom. The lowest BCUT2D eigenvalue weighted by Gasteiger charge is -2.13. The molecule has 0 fully saturated rings. The van der Waals surface area contributed by atoms with Gasteiger partial charge in [0.25, 0.3) is 5.91 Å². The first kappa shape index (κ1) is 13.8. The number of rotatable bonds is 3. The van der Waals surface area contributed by atoms with Crippen LogP contribution in [0, 0.1) is 6.92 Å². The fourth-order valence-corrected chi connectivity index (χ4v) is 2.78. The van der Waals surface area contributed by atoms with E-state index in [0.29, 0.717) is 17.4 Å². The zero-order chi connectivity index (χ0) is 15.0. The minimum Gasteiger partial charge on any atom is -0.339 e. The van der Waals surface area contributed by atoms with Gasteiger partial charge >= 0.3 is 0 Å². The Bertz CT molecular complexity index is 673. The summed E-state index contributed by atoms with van der Waals surface area (Å²) < 4.78 is 6.77. The molecular weight excluding hydrogens is 270 g/mol. The molecule has 0 aromatic carbocycles. The van der Waals surface area contributed by atoms with Crippen molar-refractivity contribution in [2.24, 2.45) is 7.05 Å². The standard InChI is InChI=1S/C14H19N5O2/c1-8(14-16-9(2)18-21-14)15-13(20)12-10-6-4-5-7-11(10)17-19(12)3/h8H,4-7H2,1-3H3,(H,15,20)/t8-/m0/s1. The zero-order valence-corrected chi connectivity index (χ0v) is 12.5. The average Bonchev–Trinajstić information content (AvgIpc) is 3.01. The molecule has 1 amide bonds. The van der Waals surface area contributed by atoms with Crippen LogP contribution in [0.3, 0.4) is 0 Å². The second-order valence-corrected chi connectivity index (χ2v) is 5.48.